The molecule has 2 aromatic carbocycles. The van der Waals surface area contributed by atoms with Crippen molar-refractivity contribution in [2.75, 3.05) is 33.5 Å². The van der Waals surface area contributed by atoms with E-state index >= 15 is 0 Å². The first-order valence-corrected chi connectivity index (χ1v) is 23.8. The number of carbonyl (C=O) groups excluding carboxylic acids is 1. The predicted octanol–water partition coefficient (Wildman–Crippen LogP) is 9.01. The molecular formula is C31H54Br4LiNO4Si2. The second kappa shape index (κ2) is 36.9. The summed E-state index contributed by atoms with van der Waals surface area (Å²) in [6.07, 6.45) is 9.47. The van der Waals surface area contributed by atoms with Crippen LogP contribution in [0.1, 0.15) is 49.0 Å². The molecule has 2 heterocycles. The number of hydrogen-bond donors (Lipinski definition) is 0. The van der Waals surface area contributed by atoms with Crippen molar-refractivity contribution in [3.05, 3.63) is 77.8 Å². The molecule has 0 atom stereocenters. The average molecular weight is 888 g/mol. The maximum atomic E-state index is 10.4. The van der Waals surface area contributed by atoms with Crippen LogP contribution in [0, 0.1) is 0 Å². The molecule has 2 aliphatic rings. The third-order valence-electron chi connectivity index (χ3n) is 4.14. The van der Waals surface area contributed by atoms with Crippen LogP contribution in [0.2, 0.25) is 39.3 Å². The number of hydrogen-bond acceptors (Lipinski definition) is 4. The molecule has 0 spiro atoms. The molecule has 2 saturated heterocycles. The molecule has 2 N–H and O–H groups in total. The molecule has 0 unspecified atom stereocenters. The molecule has 244 valence electrons. The number of halogens is 4. The summed E-state index contributed by atoms with van der Waals surface area (Å²) in [4.78, 5) is 10.4. The van der Waals surface area contributed by atoms with E-state index in [4.69, 9.17) is 14.2 Å². The molecular weight excluding hydrogens is 833 g/mol. The predicted molar refractivity (Wildman–Crippen MR) is 207 cm³/mol. The Bertz CT molecular complexity index is 857. The first-order valence-electron chi connectivity index (χ1n) is 13.7. The molecule has 12 heteroatoms. The van der Waals surface area contributed by atoms with Crippen LogP contribution in [0.25, 0.3) is 12.2 Å². The molecule has 2 aliphatic heterocycles. The summed E-state index contributed by atoms with van der Waals surface area (Å²) >= 11 is 13.4. The Morgan fingerprint density at radius 2 is 0.953 bits per heavy atom. The van der Waals surface area contributed by atoms with Crippen molar-refractivity contribution < 1.29 is 37.9 Å². The number of ether oxygens (including phenoxy) is 3. The summed E-state index contributed by atoms with van der Waals surface area (Å²) in [6.45, 7) is 17.8. The van der Waals surface area contributed by atoms with Crippen LogP contribution < -0.4 is 18.9 Å². The van der Waals surface area contributed by atoms with Crippen molar-refractivity contribution in [2.24, 2.45) is 0 Å². The normalized spacial score (nSPS) is 12.4. The number of rotatable bonds is 3. The van der Waals surface area contributed by atoms with Crippen LogP contribution in [0.5, 0.6) is 0 Å². The van der Waals surface area contributed by atoms with Crippen molar-refractivity contribution in [1.29, 1.82) is 0 Å². The molecule has 0 radical (unpaired) electrons. The van der Waals surface area contributed by atoms with Gasteiger partial charge in [0, 0.05) is 73.0 Å². The Labute approximate surface area is 312 Å². The zero-order valence-electron chi connectivity index (χ0n) is 26.7. The average Bonchev–Trinajstić information content (AvgIpc) is 3.63. The molecule has 0 amide bonds. The third-order valence-corrected chi connectivity index (χ3v) is 6.91. The van der Waals surface area contributed by atoms with Crippen LogP contribution in [-0.2, 0) is 14.2 Å². The van der Waals surface area contributed by atoms with Gasteiger partial charge in [-0.3, -0.25) is 4.79 Å². The van der Waals surface area contributed by atoms with E-state index in [2.05, 4.69) is 103 Å². The Morgan fingerprint density at radius 3 is 1.14 bits per heavy atom. The molecule has 2 fully saturated rings. The first kappa shape index (κ1) is 53.0. The third kappa shape index (κ3) is 35.2. The molecule has 0 saturated carbocycles. The van der Waals surface area contributed by atoms with Gasteiger partial charge in [-0.15, -0.1) is 0 Å². The van der Waals surface area contributed by atoms with E-state index in [0.717, 1.165) is 56.2 Å². The van der Waals surface area contributed by atoms with E-state index in [-0.39, 0.29) is 50.0 Å². The Hall–Kier alpha value is 0.481. The summed E-state index contributed by atoms with van der Waals surface area (Å²) in [5, 5.41) is 0. The van der Waals surface area contributed by atoms with E-state index in [9.17, 15) is 4.79 Å². The SMILES string of the molecule is C.C1CCOC1.C1CCOC1.CO/C=C/c1c(Br)cccc1Br.C[SiH](C)C.C[SiH](C)C.O=Cc1c(Br)cccc1Br.[Li+].[NH2-]. The van der Waals surface area contributed by atoms with E-state index in [0.29, 0.717) is 5.56 Å². The standard InChI is InChI=1S/C9H8Br2O.C7H4Br2O.2C4H8O.2C3H10Si.CH4.Li.H2N/c1-12-6-5-7-8(10)3-2-4-9(7)11;8-6-2-1-3-7(9)5(6)4-10;2*1-2-4-5-3-1;2*1-4(2)3;;;/h2-6H,1H3;1-4H;2*1-4H2;2*4H,1-3H3;1H4;;1H2/q;;;;;;;+1;-1/b6-5+;;;;;;;;. The summed E-state index contributed by atoms with van der Waals surface area (Å²) < 4.78 is 18.4. The molecule has 0 aromatic heterocycles. The topological polar surface area (TPSA) is 78.3 Å². The fraction of sp³-hybridized carbons (Fsp3) is 0.516. The van der Waals surface area contributed by atoms with Crippen LogP contribution in [0.15, 0.2) is 60.6 Å². The molecule has 43 heavy (non-hydrogen) atoms. The zero-order valence-corrected chi connectivity index (χ0v) is 35.4. The van der Waals surface area contributed by atoms with Gasteiger partial charge in [-0.05, 0) is 56.0 Å². The van der Waals surface area contributed by atoms with Crippen LogP contribution in [0.4, 0.5) is 0 Å². The maximum absolute atomic E-state index is 10.4. The van der Waals surface area contributed by atoms with E-state index in [1.807, 2.05) is 42.5 Å². The Kier molecular flexibility index (Phi) is 45.5. The van der Waals surface area contributed by atoms with Gasteiger partial charge in [0.05, 0.1) is 13.4 Å². The van der Waals surface area contributed by atoms with Gasteiger partial charge in [0.1, 0.15) is 0 Å². The van der Waals surface area contributed by atoms with Crippen molar-refractivity contribution in [1.82, 2.24) is 0 Å². The number of nitrogens with two attached hydrogens (primary N) is 1. The minimum Gasteiger partial charge on any atom is -0.693 e. The minimum atomic E-state index is -0.139. The van der Waals surface area contributed by atoms with E-state index < -0.39 is 0 Å². The number of benzene rings is 2. The molecule has 2 aromatic rings. The fourth-order valence-corrected chi connectivity index (χ4v) is 4.90. The largest absolute Gasteiger partial charge is 1.00 e. The molecule has 0 bridgehead atoms. The fourth-order valence-electron chi connectivity index (χ4n) is 2.45. The molecule has 5 nitrogen and oxygen atoms in total. The minimum absolute atomic E-state index is 0. The summed E-state index contributed by atoms with van der Waals surface area (Å²) in [7, 11) is 1.35. The summed E-state index contributed by atoms with van der Waals surface area (Å²) in [5.74, 6) is 0. The van der Waals surface area contributed by atoms with E-state index in [1.54, 1.807) is 13.4 Å². The van der Waals surface area contributed by atoms with Crippen LogP contribution in [-0.4, -0.2) is 57.4 Å². The first-order chi connectivity index (χ1) is 19.0. The quantitative estimate of drug-likeness (QED) is 0.175. The van der Waals surface area contributed by atoms with Gasteiger partial charge in [0.2, 0.25) is 0 Å². The van der Waals surface area contributed by atoms with Gasteiger partial charge in [-0.2, -0.15) is 0 Å². The van der Waals surface area contributed by atoms with Crippen molar-refractivity contribution in [2.45, 2.75) is 72.4 Å². The summed E-state index contributed by atoms with van der Waals surface area (Å²) in [5.41, 5.74) is 1.74. The number of carbonyl (C=O) groups is 1. The van der Waals surface area contributed by atoms with Crippen LogP contribution >= 0.6 is 63.7 Å². The number of methoxy groups -OCH3 is 1. The van der Waals surface area contributed by atoms with Crippen molar-refractivity contribution >= 4 is 93.7 Å². The van der Waals surface area contributed by atoms with Gasteiger partial charge in [-0.25, -0.2) is 0 Å². The van der Waals surface area contributed by atoms with Gasteiger partial charge >= 0.3 is 18.9 Å². The Morgan fingerprint density at radius 1 is 0.674 bits per heavy atom. The molecule has 0 aliphatic carbocycles. The molecule has 4 rings (SSSR count). The smallest absolute Gasteiger partial charge is 0.693 e. The van der Waals surface area contributed by atoms with Gasteiger partial charge in [0.25, 0.3) is 0 Å². The maximum Gasteiger partial charge on any atom is 1.00 e. The van der Waals surface area contributed by atoms with Crippen molar-refractivity contribution in [3.8, 4) is 0 Å². The van der Waals surface area contributed by atoms with Gasteiger partial charge in [0.15, 0.2) is 6.29 Å². The van der Waals surface area contributed by atoms with Crippen LogP contribution in [0.3, 0.4) is 0 Å². The van der Waals surface area contributed by atoms with Gasteiger partial charge < -0.3 is 20.4 Å². The second-order valence-corrected chi connectivity index (χ2v) is 20.4. The van der Waals surface area contributed by atoms with E-state index in [1.165, 1.54) is 25.7 Å². The summed E-state index contributed by atoms with van der Waals surface area (Å²) in [6, 6.07) is 11.5. The Balaban J connectivity index is -0.000000140. The van der Waals surface area contributed by atoms with Crippen molar-refractivity contribution in [3.63, 3.8) is 0 Å². The zero-order chi connectivity index (χ0) is 30.8. The number of aldehydes is 1. The second-order valence-electron chi connectivity index (χ2n) is 10.0. The van der Waals surface area contributed by atoms with Gasteiger partial charge in [-0.1, -0.05) is 123 Å². The monoisotopic (exact) mass is 883 g/mol.